The van der Waals surface area contributed by atoms with Crippen LogP contribution in [0.25, 0.3) is 0 Å². The fourth-order valence-corrected chi connectivity index (χ4v) is 1.38. The fourth-order valence-electron chi connectivity index (χ4n) is 1.38. The van der Waals surface area contributed by atoms with Gasteiger partial charge in [-0.2, -0.15) is 0 Å². The van der Waals surface area contributed by atoms with Crippen molar-refractivity contribution in [1.29, 1.82) is 0 Å². The highest BCUT2D eigenvalue weighted by atomic mass is 16.2. The standard InChI is InChI=1S/C10H16N2O2/c1-6-7(2)11-9(14)12(8(6)13)10(3,4)5/h6H,1-5H3. The van der Waals surface area contributed by atoms with Crippen LogP contribution >= 0.6 is 0 Å². The fraction of sp³-hybridized carbons (Fsp3) is 0.700. The molecule has 78 valence electrons. The van der Waals surface area contributed by atoms with Crippen molar-refractivity contribution in [3.8, 4) is 0 Å². The number of carbonyl (C=O) groups is 2. The van der Waals surface area contributed by atoms with Gasteiger partial charge >= 0.3 is 6.03 Å². The van der Waals surface area contributed by atoms with Crippen LogP contribution < -0.4 is 0 Å². The Bertz CT molecular complexity index is 313. The smallest absolute Gasteiger partial charge is 0.274 e. The van der Waals surface area contributed by atoms with E-state index in [1.165, 1.54) is 4.90 Å². The molecule has 1 aliphatic rings. The van der Waals surface area contributed by atoms with Gasteiger partial charge in [0.05, 0.1) is 5.92 Å². The Morgan fingerprint density at radius 3 is 2.21 bits per heavy atom. The monoisotopic (exact) mass is 196 g/mol. The molecule has 3 amide bonds. The predicted octanol–water partition coefficient (Wildman–Crippen LogP) is 1.84. The maximum absolute atomic E-state index is 11.8. The van der Waals surface area contributed by atoms with Crippen molar-refractivity contribution in [3.63, 3.8) is 0 Å². The molecule has 0 fully saturated rings. The molecule has 1 rings (SSSR count). The van der Waals surface area contributed by atoms with Crippen molar-refractivity contribution in [2.75, 3.05) is 0 Å². The van der Waals surface area contributed by atoms with Crippen LogP contribution in [-0.2, 0) is 4.79 Å². The van der Waals surface area contributed by atoms with E-state index in [9.17, 15) is 9.59 Å². The average Bonchev–Trinajstić information content (AvgIpc) is 1.97. The normalized spacial score (nSPS) is 23.9. The minimum absolute atomic E-state index is 0.157. The molecule has 0 aromatic rings. The average molecular weight is 196 g/mol. The Morgan fingerprint density at radius 2 is 1.79 bits per heavy atom. The highest BCUT2D eigenvalue weighted by Crippen LogP contribution is 2.22. The minimum Gasteiger partial charge on any atom is -0.274 e. The van der Waals surface area contributed by atoms with E-state index in [1.807, 2.05) is 20.8 Å². The molecule has 14 heavy (non-hydrogen) atoms. The second-order valence-corrected chi connectivity index (χ2v) is 4.60. The molecule has 0 spiro atoms. The van der Waals surface area contributed by atoms with Crippen LogP contribution in [0.2, 0.25) is 0 Å². The third-order valence-electron chi connectivity index (χ3n) is 2.35. The van der Waals surface area contributed by atoms with Crippen molar-refractivity contribution < 1.29 is 9.59 Å². The van der Waals surface area contributed by atoms with E-state index in [4.69, 9.17) is 0 Å². The quantitative estimate of drug-likeness (QED) is 0.593. The SMILES string of the molecule is CC1=NC(=O)N(C(C)(C)C)C(=O)C1C. The van der Waals surface area contributed by atoms with Gasteiger partial charge in [0.25, 0.3) is 0 Å². The highest BCUT2D eigenvalue weighted by molar-refractivity contribution is 6.15. The summed E-state index contributed by atoms with van der Waals surface area (Å²) in [5.74, 6) is -0.443. The minimum atomic E-state index is -0.493. The molecule has 0 aromatic heterocycles. The summed E-state index contributed by atoms with van der Waals surface area (Å²) in [6, 6.07) is -0.446. The molecule has 1 heterocycles. The Kier molecular flexibility index (Phi) is 2.48. The first kappa shape index (κ1) is 10.9. The van der Waals surface area contributed by atoms with Gasteiger partial charge in [0.15, 0.2) is 0 Å². The molecular formula is C10H16N2O2. The second kappa shape index (κ2) is 3.19. The summed E-state index contributed by atoms with van der Waals surface area (Å²) in [6.45, 7) is 8.95. The Balaban J connectivity index is 3.12. The maximum Gasteiger partial charge on any atom is 0.350 e. The van der Waals surface area contributed by atoms with E-state index in [1.54, 1.807) is 13.8 Å². The third kappa shape index (κ3) is 1.69. The van der Waals surface area contributed by atoms with E-state index < -0.39 is 11.6 Å². The maximum atomic E-state index is 11.8. The lowest BCUT2D eigenvalue weighted by atomic mass is 9.98. The zero-order valence-corrected chi connectivity index (χ0v) is 9.29. The van der Waals surface area contributed by atoms with Crippen LogP contribution in [0.1, 0.15) is 34.6 Å². The summed E-state index contributed by atoms with van der Waals surface area (Å²) in [5.41, 5.74) is 0.104. The van der Waals surface area contributed by atoms with Crippen LogP contribution in [0.4, 0.5) is 4.79 Å². The van der Waals surface area contributed by atoms with E-state index >= 15 is 0 Å². The highest BCUT2D eigenvalue weighted by Gasteiger charge is 2.39. The van der Waals surface area contributed by atoms with Crippen molar-refractivity contribution in [2.24, 2.45) is 10.9 Å². The first-order chi connectivity index (χ1) is 6.25. The molecule has 0 radical (unpaired) electrons. The number of hydrogen-bond donors (Lipinski definition) is 0. The lowest BCUT2D eigenvalue weighted by Gasteiger charge is -2.36. The van der Waals surface area contributed by atoms with Crippen LogP contribution in [0.5, 0.6) is 0 Å². The Labute approximate surface area is 84.0 Å². The summed E-state index contributed by atoms with van der Waals surface area (Å²) in [6.07, 6.45) is 0. The van der Waals surface area contributed by atoms with Gasteiger partial charge in [-0.1, -0.05) is 0 Å². The van der Waals surface area contributed by atoms with Gasteiger partial charge in [-0.15, -0.1) is 0 Å². The second-order valence-electron chi connectivity index (χ2n) is 4.60. The summed E-state index contributed by atoms with van der Waals surface area (Å²) in [4.78, 5) is 28.4. The summed E-state index contributed by atoms with van der Waals surface area (Å²) in [5, 5.41) is 0. The molecular weight excluding hydrogens is 180 g/mol. The largest absolute Gasteiger partial charge is 0.350 e. The molecule has 0 saturated heterocycles. The molecule has 4 heteroatoms. The number of aliphatic imine (C=N–C) groups is 1. The summed E-state index contributed by atoms with van der Waals surface area (Å²) < 4.78 is 0. The van der Waals surface area contributed by atoms with Gasteiger partial charge < -0.3 is 0 Å². The van der Waals surface area contributed by atoms with Crippen LogP contribution in [0, 0.1) is 5.92 Å². The number of nitrogens with zero attached hydrogens (tertiary/aromatic N) is 2. The zero-order valence-electron chi connectivity index (χ0n) is 9.29. The van der Waals surface area contributed by atoms with Crippen LogP contribution in [0.3, 0.4) is 0 Å². The van der Waals surface area contributed by atoms with Gasteiger partial charge in [-0.05, 0) is 34.6 Å². The van der Waals surface area contributed by atoms with Gasteiger partial charge in [-0.3, -0.25) is 9.69 Å². The molecule has 0 saturated carbocycles. The van der Waals surface area contributed by atoms with Crippen molar-refractivity contribution in [3.05, 3.63) is 0 Å². The van der Waals surface area contributed by atoms with Gasteiger partial charge in [0.2, 0.25) is 5.91 Å². The molecule has 1 unspecified atom stereocenters. The molecule has 1 aliphatic heterocycles. The lowest BCUT2D eigenvalue weighted by molar-refractivity contribution is -0.133. The van der Waals surface area contributed by atoms with Gasteiger partial charge in [0, 0.05) is 11.3 Å². The molecule has 4 nitrogen and oxygen atoms in total. The van der Waals surface area contributed by atoms with E-state index in [-0.39, 0.29) is 11.8 Å². The summed E-state index contributed by atoms with van der Waals surface area (Å²) in [7, 11) is 0. The molecule has 0 aliphatic carbocycles. The summed E-state index contributed by atoms with van der Waals surface area (Å²) >= 11 is 0. The first-order valence-corrected chi connectivity index (χ1v) is 4.68. The molecule has 1 atom stereocenters. The number of rotatable bonds is 0. The van der Waals surface area contributed by atoms with Crippen LogP contribution in [0.15, 0.2) is 4.99 Å². The Morgan fingerprint density at radius 1 is 1.29 bits per heavy atom. The van der Waals surface area contributed by atoms with Crippen molar-refractivity contribution in [2.45, 2.75) is 40.2 Å². The van der Waals surface area contributed by atoms with E-state index in [2.05, 4.69) is 4.99 Å². The zero-order chi connectivity index (χ0) is 11.1. The molecule has 0 N–H and O–H groups in total. The van der Waals surface area contributed by atoms with E-state index in [0.29, 0.717) is 5.71 Å². The first-order valence-electron chi connectivity index (χ1n) is 4.68. The number of urea groups is 1. The number of amides is 3. The van der Waals surface area contributed by atoms with Crippen molar-refractivity contribution in [1.82, 2.24) is 4.90 Å². The predicted molar refractivity (Wildman–Crippen MR) is 54.3 cm³/mol. The molecule has 0 bridgehead atoms. The van der Waals surface area contributed by atoms with Crippen molar-refractivity contribution >= 4 is 17.6 Å². The number of hydrogen-bond acceptors (Lipinski definition) is 2. The molecule has 0 aromatic carbocycles. The lowest BCUT2D eigenvalue weighted by Crippen LogP contribution is -2.54. The topological polar surface area (TPSA) is 49.7 Å². The van der Waals surface area contributed by atoms with Gasteiger partial charge in [-0.25, -0.2) is 9.79 Å². The van der Waals surface area contributed by atoms with E-state index in [0.717, 1.165) is 0 Å². The number of imide groups is 1. The number of carbonyl (C=O) groups excluding carboxylic acids is 2. The van der Waals surface area contributed by atoms with Gasteiger partial charge in [0.1, 0.15) is 0 Å². The van der Waals surface area contributed by atoms with Crippen LogP contribution in [-0.4, -0.2) is 28.1 Å². The third-order valence-corrected chi connectivity index (χ3v) is 2.35. The Hall–Kier alpha value is -1.19.